The van der Waals surface area contributed by atoms with Crippen molar-refractivity contribution in [3.8, 4) is 0 Å². The van der Waals surface area contributed by atoms with E-state index in [4.69, 9.17) is 0 Å². The van der Waals surface area contributed by atoms with Crippen molar-refractivity contribution in [3.05, 3.63) is 17.9 Å². The first-order chi connectivity index (χ1) is 6.43. The van der Waals surface area contributed by atoms with Gasteiger partial charge < -0.3 is 0 Å². The van der Waals surface area contributed by atoms with Crippen molar-refractivity contribution in [2.24, 2.45) is 0 Å². The molecule has 3 rings (SSSR count). The lowest BCUT2D eigenvalue weighted by Crippen LogP contribution is -1.89. The van der Waals surface area contributed by atoms with E-state index in [-0.39, 0.29) is 0 Å². The summed E-state index contributed by atoms with van der Waals surface area (Å²) in [6, 6.07) is 0. The van der Waals surface area contributed by atoms with Gasteiger partial charge in [0.15, 0.2) is 11.3 Å². The predicted molar refractivity (Wildman–Crippen MR) is 48.3 cm³/mol. The standard InChI is InChI=1S/C7H3N5S/c1-4-6(9-3-8-1)11-5-2-13-12-7(5)10-4/h1-3H. The predicted octanol–water partition coefficient (Wildman–Crippen LogP) is 1.03. The number of nitrogens with zero attached hydrogens (tertiary/aromatic N) is 5. The number of hydrogen-bond acceptors (Lipinski definition) is 6. The van der Waals surface area contributed by atoms with Crippen molar-refractivity contribution in [2.45, 2.75) is 0 Å². The summed E-state index contributed by atoms with van der Waals surface area (Å²) in [5.41, 5.74) is 2.74. The van der Waals surface area contributed by atoms with Crippen LogP contribution in [0.4, 0.5) is 0 Å². The molecular formula is C7H3N5S. The Bertz CT molecular complexity index is 525. The smallest absolute Gasteiger partial charge is 0.192 e. The summed E-state index contributed by atoms with van der Waals surface area (Å²) >= 11 is 1.34. The number of hydrogen-bond donors (Lipinski definition) is 0. The molecular weight excluding hydrogens is 186 g/mol. The SMILES string of the molecule is c1ncc2nc3nscc3nc2n1. The Labute approximate surface area is 76.7 Å². The van der Waals surface area contributed by atoms with Crippen LogP contribution >= 0.6 is 11.5 Å². The molecule has 0 bridgehead atoms. The molecule has 0 saturated carbocycles. The normalized spacial score (nSPS) is 11.1. The van der Waals surface area contributed by atoms with Gasteiger partial charge in [0.2, 0.25) is 0 Å². The van der Waals surface area contributed by atoms with Crippen LogP contribution in [0.3, 0.4) is 0 Å². The van der Waals surface area contributed by atoms with Crippen molar-refractivity contribution in [1.29, 1.82) is 0 Å². The van der Waals surface area contributed by atoms with Gasteiger partial charge in [0, 0.05) is 5.38 Å². The Morgan fingerprint density at radius 2 is 2.00 bits per heavy atom. The van der Waals surface area contributed by atoms with Crippen molar-refractivity contribution in [1.82, 2.24) is 24.3 Å². The van der Waals surface area contributed by atoms with Gasteiger partial charge in [0.1, 0.15) is 17.4 Å². The summed E-state index contributed by atoms with van der Waals surface area (Å²) in [6.45, 7) is 0. The molecule has 0 spiro atoms. The molecule has 62 valence electrons. The number of fused-ring (bicyclic) bond motifs is 2. The van der Waals surface area contributed by atoms with Crippen LogP contribution in [-0.4, -0.2) is 24.3 Å². The lowest BCUT2D eigenvalue weighted by atomic mass is 10.5. The van der Waals surface area contributed by atoms with E-state index in [2.05, 4.69) is 24.3 Å². The zero-order valence-electron chi connectivity index (χ0n) is 6.38. The van der Waals surface area contributed by atoms with E-state index in [1.54, 1.807) is 6.20 Å². The third kappa shape index (κ3) is 0.955. The third-order valence-electron chi connectivity index (χ3n) is 1.66. The van der Waals surface area contributed by atoms with Crippen LogP contribution in [0.1, 0.15) is 0 Å². The van der Waals surface area contributed by atoms with E-state index in [9.17, 15) is 0 Å². The average Bonchev–Trinajstić information content (AvgIpc) is 2.61. The van der Waals surface area contributed by atoms with Crippen LogP contribution in [0, 0.1) is 0 Å². The second kappa shape index (κ2) is 2.40. The summed E-state index contributed by atoms with van der Waals surface area (Å²) in [4.78, 5) is 16.4. The van der Waals surface area contributed by atoms with Crippen molar-refractivity contribution < 1.29 is 0 Å². The Balaban J connectivity index is 2.57. The molecule has 0 unspecified atom stereocenters. The average molecular weight is 189 g/mol. The zero-order chi connectivity index (χ0) is 8.67. The molecule has 0 amide bonds. The molecule has 0 saturated heterocycles. The Kier molecular flexibility index (Phi) is 1.25. The number of rotatable bonds is 0. The first-order valence-electron chi connectivity index (χ1n) is 3.61. The maximum atomic E-state index is 4.27. The molecule has 3 aromatic rings. The van der Waals surface area contributed by atoms with Gasteiger partial charge in [-0.25, -0.2) is 19.9 Å². The molecule has 0 aromatic carbocycles. The first kappa shape index (κ1) is 6.79. The minimum Gasteiger partial charge on any atom is -0.242 e. The number of aromatic nitrogens is 5. The molecule has 0 radical (unpaired) electrons. The fourth-order valence-corrected chi connectivity index (χ4v) is 1.63. The summed E-state index contributed by atoms with van der Waals surface area (Å²) in [7, 11) is 0. The van der Waals surface area contributed by atoms with Gasteiger partial charge in [-0.2, -0.15) is 4.37 Å². The molecule has 0 aliphatic carbocycles. The van der Waals surface area contributed by atoms with Crippen molar-refractivity contribution in [3.63, 3.8) is 0 Å². The molecule has 0 fully saturated rings. The van der Waals surface area contributed by atoms with E-state index < -0.39 is 0 Å². The minimum absolute atomic E-state index is 0.614. The van der Waals surface area contributed by atoms with Crippen molar-refractivity contribution >= 4 is 33.9 Å². The molecule has 5 nitrogen and oxygen atoms in total. The van der Waals surface area contributed by atoms with E-state index in [0.29, 0.717) is 16.8 Å². The monoisotopic (exact) mass is 189 g/mol. The zero-order valence-corrected chi connectivity index (χ0v) is 7.19. The molecule has 0 N–H and O–H groups in total. The van der Waals surface area contributed by atoms with Gasteiger partial charge >= 0.3 is 0 Å². The summed E-state index contributed by atoms with van der Waals surface area (Å²) < 4.78 is 4.08. The second-order valence-corrected chi connectivity index (χ2v) is 3.11. The Morgan fingerprint density at radius 3 is 3.00 bits per heavy atom. The highest BCUT2D eigenvalue weighted by molar-refractivity contribution is 7.04. The van der Waals surface area contributed by atoms with E-state index in [1.165, 1.54) is 17.9 Å². The topological polar surface area (TPSA) is 64.5 Å². The Morgan fingerprint density at radius 1 is 1.08 bits per heavy atom. The maximum Gasteiger partial charge on any atom is 0.192 e. The Hall–Kier alpha value is -1.69. The van der Waals surface area contributed by atoms with Crippen molar-refractivity contribution in [2.75, 3.05) is 0 Å². The molecule has 6 heteroatoms. The van der Waals surface area contributed by atoms with E-state index >= 15 is 0 Å². The minimum atomic E-state index is 0.614. The van der Waals surface area contributed by atoms with Gasteiger partial charge in [-0.05, 0) is 11.5 Å². The van der Waals surface area contributed by atoms with Gasteiger partial charge in [0.25, 0.3) is 0 Å². The second-order valence-electron chi connectivity index (χ2n) is 2.48. The lowest BCUT2D eigenvalue weighted by molar-refractivity contribution is 1.17. The van der Waals surface area contributed by atoms with Crippen LogP contribution in [-0.2, 0) is 0 Å². The fourth-order valence-electron chi connectivity index (χ4n) is 1.09. The van der Waals surface area contributed by atoms with Gasteiger partial charge in [-0.1, -0.05) is 0 Å². The summed E-state index contributed by atoms with van der Waals surface area (Å²) in [5.74, 6) is 0. The largest absolute Gasteiger partial charge is 0.242 e. The van der Waals surface area contributed by atoms with E-state index in [1.807, 2.05) is 5.38 Å². The van der Waals surface area contributed by atoms with Crippen LogP contribution in [0.2, 0.25) is 0 Å². The molecule has 3 aromatic heterocycles. The van der Waals surface area contributed by atoms with Crippen LogP contribution in [0.5, 0.6) is 0 Å². The molecule has 0 atom stereocenters. The summed E-state index contributed by atoms with van der Waals surface area (Å²) in [6.07, 6.45) is 3.09. The molecule has 3 heterocycles. The fraction of sp³-hybridized carbons (Fsp3) is 0. The molecule has 0 aliphatic rings. The summed E-state index contributed by atoms with van der Waals surface area (Å²) in [5, 5.41) is 1.85. The van der Waals surface area contributed by atoms with Gasteiger partial charge in [-0.3, -0.25) is 0 Å². The van der Waals surface area contributed by atoms with Crippen LogP contribution < -0.4 is 0 Å². The first-order valence-corrected chi connectivity index (χ1v) is 4.45. The van der Waals surface area contributed by atoms with Crippen LogP contribution in [0.25, 0.3) is 22.3 Å². The third-order valence-corrected chi connectivity index (χ3v) is 2.26. The quantitative estimate of drug-likeness (QED) is 0.528. The highest BCUT2D eigenvalue weighted by Gasteiger charge is 2.02. The van der Waals surface area contributed by atoms with E-state index in [0.717, 1.165) is 5.52 Å². The molecule has 0 aliphatic heterocycles. The highest BCUT2D eigenvalue weighted by atomic mass is 32.1. The maximum absolute atomic E-state index is 4.27. The molecule has 13 heavy (non-hydrogen) atoms. The van der Waals surface area contributed by atoms with Gasteiger partial charge in [-0.15, -0.1) is 0 Å². The lowest BCUT2D eigenvalue weighted by Gasteiger charge is -1.92. The van der Waals surface area contributed by atoms with Gasteiger partial charge in [0.05, 0.1) is 6.20 Å². The highest BCUT2D eigenvalue weighted by Crippen LogP contribution is 2.13. The van der Waals surface area contributed by atoms with Crippen LogP contribution in [0.15, 0.2) is 17.9 Å².